The zero-order chi connectivity index (χ0) is 20.2. The van der Waals surface area contributed by atoms with Gasteiger partial charge in [-0.15, -0.1) is 11.3 Å². The van der Waals surface area contributed by atoms with Crippen molar-refractivity contribution in [1.82, 2.24) is 9.97 Å². The van der Waals surface area contributed by atoms with Gasteiger partial charge in [-0.3, -0.25) is 14.7 Å². The first-order valence-electron chi connectivity index (χ1n) is 8.42. The van der Waals surface area contributed by atoms with Gasteiger partial charge in [-0.1, -0.05) is 17.4 Å². The lowest BCUT2D eigenvalue weighted by Crippen LogP contribution is -2.28. The first-order valence-corrected chi connectivity index (χ1v) is 10.1. The number of fused-ring (bicyclic) bond motifs is 1. The van der Waals surface area contributed by atoms with Gasteiger partial charge in [0.15, 0.2) is 5.13 Å². The summed E-state index contributed by atoms with van der Waals surface area (Å²) in [5.41, 5.74) is 2.15. The Labute approximate surface area is 172 Å². The van der Waals surface area contributed by atoms with E-state index in [9.17, 15) is 13.6 Å². The van der Waals surface area contributed by atoms with Gasteiger partial charge in [-0.05, 0) is 24.3 Å². The lowest BCUT2D eigenvalue weighted by molar-refractivity contribution is -0.114. The van der Waals surface area contributed by atoms with Crippen LogP contribution in [0, 0.1) is 11.6 Å². The molecule has 146 valence electrons. The summed E-state index contributed by atoms with van der Waals surface area (Å²) in [5, 5.41) is 0.430. The Hall–Kier alpha value is -3.17. The van der Waals surface area contributed by atoms with E-state index in [1.54, 1.807) is 23.8 Å². The summed E-state index contributed by atoms with van der Waals surface area (Å²) in [5.74, 6) is -0.929. The average molecular weight is 429 g/mol. The number of aromatic nitrogens is 2. The third-order valence-electron chi connectivity index (χ3n) is 3.84. The fourth-order valence-electron chi connectivity index (χ4n) is 2.52. The van der Waals surface area contributed by atoms with Crippen molar-refractivity contribution in [3.05, 3.63) is 83.0 Å². The van der Waals surface area contributed by atoms with Gasteiger partial charge in [-0.25, -0.2) is 13.8 Å². The van der Waals surface area contributed by atoms with Gasteiger partial charge in [0.25, 0.3) is 5.91 Å². The molecular formula is C20H13F2N3O2S2. The minimum absolute atomic E-state index is 0.260. The molecule has 0 radical (unpaired) electrons. The molecule has 0 fully saturated rings. The number of hydrogen-bond donors (Lipinski definition) is 0. The smallest absolute Gasteiger partial charge is 0.256 e. The molecule has 29 heavy (non-hydrogen) atoms. The zero-order valence-electron chi connectivity index (χ0n) is 14.8. The highest BCUT2D eigenvalue weighted by Gasteiger charge is 2.19. The number of benzene rings is 2. The minimum Gasteiger partial charge on any atom is -0.465 e. The first-order chi connectivity index (χ1) is 14.1. The molecular weight excluding hydrogens is 416 g/mol. The van der Waals surface area contributed by atoms with E-state index in [2.05, 4.69) is 9.97 Å². The maximum absolute atomic E-state index is 13.5. The largest absolute Gasteiger partial charge is 0.465 e. The number of halogens is 2. The quantitative estimate of drug-likeness (QED) is 0.314. The molecule has 9 heteroatoms. The van der Waals surface area contributed by atoms with E-state index in [-0.39, 0.29) is 18.2 Å². The molecule has 4 aromatic rings. The normalized spacial score (nSPS) is 11.2. The molecule has 0 aliphatic carbocycles. The second kappa shape index (κ2) is 8.46. The van der Waals surface area contributed by atoms with Crippen LogP contribution in [0.25, 0.3) is 10.2 Å². The summed E-state index contributed by atoms with van der Waals surface area (Å²) in [4.78, 5) is 23.6. The van der Waals surface area contributed by atoms with Crippen LogP contribution in [0.4, 0.5) is 13.9 Å². The number of carbonyl (C=O) groups is 1. The van der Waals surface area contributed by atoms with Crippen LogP contribution >= 0.6 is 22.7 Å². The molecule has 1 amide bonds. The number of carbonyl (C=O) groups excluding carboxylic acids is 1. The van der Waals surface area contributed by atoms with Crippen LogP contribution < -0.4 is 9.64 Å². The molecule has 0 unspecified atom stereocenters. The monoisotopic (exact) mass is 429 g/mol. The van der Waals surface area contributed by atoms with Crippen molar-refractivity contribution < 1.29 is 18.3 Å². The third-order valence-corrected chi connectivity index (χ3v) is 5.67. The molecule has 5 nitrogen and oxygen atoms in total. The average Bonchev–Trinajstić information content (AvgIpc) is 3.35. The molecule has 0 atom stereocenters. The van der Waals surface area contributed by atoms with E-state index >= 15 is 0 Å². The van der Waals surface area contributed by atoms with Crippen LogP contribution in [0.15, 0.2) is 66.5 Å². The van der Waals surface area contributed by atoms with E-state index in [1.807, 2.05) is 0 Å². The summed E-state index contributed by atoms with van der Waals surface area (Å²) in [6, 6.07) is 9.91. The maximum Gasteiger partial charge on any atom is 0.256 e. The summed E-state index contributed by atoms with van der Waals surface area (Å²) in [7, 11) is 0. The van der Waals surface area contributed by atoms with E-state index in [1.165, 1.54) is 70.2 Å². The first kappa shape index (κ1) is 19.2. The van der Waals surface area contributed by atoms with Crippen LogP contribution in [0.5, 0.6) is 5.75 Å². The number of ether oxygens (including phenoxy) is 1. The molecule has 0 aliphatic rings. The van der Waals surface area contributed by atoms with Crippen molar-refractivity contribution in [2.24, 2.45) is 0 Å². The standard InChI is InChI=1S/C20H13F2N3O2S2/c21-13-2-1-3-15(8-13)27-7-6-19(26)25(11-16-10-23-12-28-16)20-24-17-9-14(22)4-5-18(17)29-20/h1-10,12H,11H2. The molecule has 0 spiro atoms. The van der Waals surface area contributed by atoms with Gasteiger partial charge >= 0.3 is 0 Å². The highest BCUT2D eigenvalue weighted by molar-refractivity contribution is 7.22. The SMILES string of the molecule is O=C(C=COc1cccc(F)c1)N(Cc1cncs1)c1nc2cc(F)ccc2s1. The van der Waals surface area contributed by atoms with Gasteiger partial charge in [0.1, 0.15) is 17.4 Å². The zero-order valence-corrected chi connectivity index (χ0v) is 16.4. The Morgan fingerprint density at radius 1 is 1.17 bits per heavy atom. The lowest BCUT2D eigenvalue weighted by atomic mass is 10.3. The molecule has 0 aliphatic heterocycles. The highest BCUT2D eigenvalue weighted by Crippen LogP contribution is 2.31. The molecule has 2 aromatic carbocycles. The topological polar surface area (TPSA) is 55.3 Å². The fraction of sp³-hybridized carbons (Fsp3) is 0.0500. The van der Waals surface area contributed by atoms with Crippen LogP contribution in [-0.2, 0) is 11.3 Å². The second-order valence-corrected chi connectivity index (χ2v) is 7.86. The Balaban J connectivity index is 1.58. The number of thiazole rings is 2. The Morgan fingerprint density at radius 2 is 2.03 bits per heavy atom. The Morgan fingerprint density at radius 3 is 2.83 bits per heavy atom. The van der Waals surface area contributed by atoms with Crippen LogP contribution in [-0.4, -0.2) is 15.9 Å². The van der Waals surface area contributed by atoms with Crippen molar-refractivity contribution in [1.29, 1.82) is 0 Å². The van der Waals surface area contributed by atoms with Gasteiger partial charge in [-0.2, -0.15) is 0 Å². The molecule has 0 bridgehead atoms. The number of nitrogens with zero attached hydrogens (tertiary/aromatic N) is 3. The van der Waals surface area contributed by atoms with E-state index in [0.29, 0.717) is 10.6 Å². The number of amides is 1. The molecule has 0 saturated heterocycles. The summed E-state index contributed by atoms with van der Waals surface area (Å²) in [6.45, 7) is 0.260. The maximum atomic E-state index is 13.5. The Kier molecular flexibility index (Phi) is 5.59. The molecule has 0 N–H and O–H groups in total. The molecule has 0 saturated carbocycles. The summed E-state index contributed by atoms with van der Waals surface area (Å²) in [6.07, 6.45) is 4.10. The van der Waals surface area contributed by atoms with Crippen molar-refractivity contribution in [3.8, 4) is 5.75 Å². The lowest BCUT2D eigenvalue weighted by Gasteiger charge is -2.16. The summed E-state index contributed by atoms with van der Waals surface area (Å²) < 4.78 is 32.8. The van der Waals surface area contributed by atoms with Crippen molar-refractivity contribution in [2.45, 2.75) is 6.54 Å². The minimum atomic E-state index is -0.434. The number of hydrogen-bond acceptors (Lipinski definition) is 6. The van der Waals surface area contributed by atoms with E-state index in [4.69, 9.17) is 4.74 Å². The van der Waals surface area contributed by atoms with Gasteiger partial charge in [0.05, 0.1) is 28.5 Å². The van der Waals surface area contributed by atoms with E-state index in [0.717, 1.165) is 9.58 Å². The molecule has 2 heterocycles. The van der Waals surface area contributed by atoms with E-state index < -0.39 is 11.6 Å². The van der Waals surface area contributed by atoms with Gasteiger partial charge in [0.2, 0.25) is 0 Å². The predicted octanol–water partition coefficient (Wildman–Crippen LogP) is 5.16. The Bertz CT molecular complexity index is 1180. The van der Waals surface area contributed by atoms with Crippen LogP contribution in [0.2, 0.25) is 0 Å². The molecule has 4 rings (SSSR count). The van der Waals surface area contributed by atoms with Crippen molar-refractivity contribution in [3.63, 3.8) is 0 Å². The highest BCUT2D eigenvalue weighted by atomic mass is 32.1. The van der Waals surface area contributed by atoms with Crippen LogP contribution in [0.1, 0.15) is 4.88 Å². The second-order valence-electron chi connectivity index (χ2n) is 5.88. The summed E-state index contributed by atoms with van der Waals surface area (Å²) >= 11 is 2.69. The predicted molar refractivity (Wildman–Crippen MR) is 109 cm³/mol. The third kappa shape index (κ3) is 4.64. The van der Waals surface area contributed by atoms with Gasteiger partial charge in [0, 0.05) is 29.3 Å². The number of rotatable bonds is 6. The molecule has 2 aromatic heterocycles. The fourth-order valence-corrected chi connectivity index (χ4v) is 4.05. The van der Waals surface area contributed by atoms with Crippen molar-refractivity contribution in [2.75, 3.05) is 4.90 Å². The number of anilines is 1. The van der Waals surface area contributed by atoms with Crippen molar-refractivity contribution >= 4 is 43.9 Å². The van der Waals surface area contributed by atoms with Crippen LogP contribution in [0.3, 0.4) is 0 Å². The van der Waals surface area contributed by atoms with Gasteiger partial charge < -0.3 is 4.74 Å².